The first-order valence-corrected chi connectivity index (χ1v) is 5.48. The summed E-state index contributed by atoms with van der Waals surface area (Å²) in [5.41, 5.74) is -1.59. The summed E-state index contributed by atoms with van der Waals surface area (Å²) in [6.07, 6.45) is -5.23. The minimum Gasteiger partial charge on any atom is -0.481 e. The maximum atomic E-state index is 12.6. The summed E-state index contributed by atoms with van der Waals surface area (Å²) in [7, 11) is 0. The van der Waals surface area contributed by atoms with Crippen molar-refractivity contribution in [2.45, 2.75) is 12.6 Å². The predicted molar refractivity (Wildman–Crippen MR) is 60.1 cm³/mol. The van der Waals surface area contributed by atoms with Crippen LogP contribution < -0.4 is 5.32 Å². The zero-order valence-corrected chi connectivity index (χ0v) is 9.82. The minimum absolute atomic E-state index is 0.240. The van der Waals surface area contributed by atoms with Gasteiger partial charge in [-0.15, -0.1) is 0 Å². The van der Waals surface area contributed by atoms with Crippen molar-refractivity contribution in [3.05, 3.63) is 29.3 Å². The number of hydrogen-bond acceptors (Lipinski definition) is 3. The average Bonchev–Trinajstić information content (AvgIpc) is 2.45. The molecule has 1 amide bonds. The van der Waals surface area contributed by atoms with Gasteiger partial charge in [-0.2, -0.15) is 13.2 Å². The molecule has 0 aromatic heterocycles. The van der Waals surface area contributed by atoms with Gasteiger partial charge < -0.3 is 10.4 Å². The Morgan fingerprint density at radius 1 is 1.30 bits per heavy atom. The number of benzene rings is 1. The van der Waals surface area contributed by atoms with Crippen molar-refractivity contribution in [2.75, 3.05) is 5.32 Å². The van der Waals surface area contributed by atoms with Crippen LogP contribution in [0.1, 0.15) is 22.3 Å². The molecular formula is C12H8F3NO4. The van der Waals surface area contributed by atoms with Crippen LogP contribution in [-0.4, -0.2) is 22.8 Å². The van der Waals surface area contributed by atoms with E-state index in [2.05, 4.69) is 5.32 Å². The van der Waals surface area contributed by atoms with Gasteiger partial charge in [0.1, 0.15) is 5.92 Å². The number of rotatable bonds is 1. The van der Waals surface area contributed by atoms with Crippen molar-refractivity contribution in [2.24, 2.45) is 5.92 Å². The summed E-state index contributed by atoms with van der Waals surface area (Å²) in [5.74, 6) is -4.78. The molecule has 1 atom stereocenters. The molecule has 1 aliphatic heterocycles. The molecule has 0 saturated carbocycles. The van der Waals surface area contributed by atoms with Crippen LogP contribution in [0.5, 0.6) is 0 Å². The first-order valence-electron chi connectivity index (χ1n) is 5.48. The minimum atomic E-state index is -4.62. The van der Waals surface area contributed by atoms with Crippen LogP contribution in [0.3, 0.4) is 0 Å². The van der Waals surface area contributed by atoms with E-state index in [9.17, 15) is 27.6 Å². The number of ketones is 1. The number of anilines is 1. The van der Waals surface area contributed by atoms with Gasteiger partial charge in [-0.25, -0.2) is 0 Å². The highest BCUT2D eigenvalue weighted by atomic mass is 19.4. The second kappa shape index (κ2) is 4.62. The van der Waals surface area contributed by atoms with Crippen LogP contribution in [0.2, 0.25) is 0 Å². The van der Waals surface area contributed by atoms with Crippen molar-refractivity contribution in [1.82, 2.24) is 0 Å². The Hall–Kier alpha value is -2.38. The second-order valence-electron chi connectivity index (χ2n) is 4.27. The van der Waals surface area contributed by atoms with Gasteiger partial charge in [0.05, 0.1) is 11.3 Å². The number of carbonyl (C=O) groups excluding carboxylic acids is 2. The fourth-order valence-corrected chi connectivity index (χ4v) is 1.91. The number of nitrogens with one attached hydrogen (secondary N) is 1. The molecule has 0 spiro atoms. The molecular weight excluding hydrogens is 279 g/mol. The molecule has 8 heteroatoms. The standard InChI is InChI=1S/C12H8F3NO4/c13-12(14,15)5-1-2-6-8(3-5)16-9(17)4-7(10(6)18)11(19)20/h1-3,7H,4H2,(H,16,17)(H,19,20). The number of Topliss-reactive ketones (excluding diaryl/α,β-unsaturated/α-hetero) is 1. The highest BCUT2D eigenvalue weighted by Gasteiger charge is 2.37. The lowest BCUT2D eigenvalue weighted by molar-refractivity contribution is -0.141. The van der Waals surface area contributed by atoms with E-state index in [1.54, 1.807) is 0 Å². The fraction of sp³-hybridized carbons (Fsp3) is 0.250. The van der Waals surface area contributed by atoms with Gasteiger partial charge >= 0.3 is 12.1 Å². The highest BCUT2D eigenvalue weighted by Crippen LogP contribution is 2.34. The number of hydrogen-bond donors (Lipinski definition) is 2. The maximum absolute atomic E-state index is 12.6. The quantitative estimate of drug-likeness (QED) is 0.773. The molecule has 5 nitrogen and oxygen atoms in total. The van der Waals surface area contributed by atoms with Crippen molar-refractivity contribution in [3.8, 4) is 0 Å². The Morgan fingerprint density at radius 3 is 2.50 bits per heavy atom. The predicted octanol–water partition coefficient (Wildman–Crippen LogP) is 1.93. The first kappa shape index (κ1) is 14.0. The van der Waals surface area contributed by atoms with Crippen molar-refractivity contribution in [3.63, 3.8) is 0 Å². The summed E-state index contributed by atoms with van der Waals surface area (Å²) >= 11 is 0. The summed E-state index contributed by atoms with van der Waals surface area (Å²) in [5, 5.41) is 11.0. The van der Waals surface area contributed by atoms with Crippen LogP contribution >= 0.6 is 0 Å². The maximum Gasteiger partial charge on any atom is 0.416 e. The molecule has 1 aromatic carbocycles. The lowest BCUT2D eigenvalue weighted by atomic mass is 9.94. The molecule has 20 heavy (non-hydrogen) atoms. The topological polar surface area (TPSA) is 83.5 Å². The molecule has 0 aliphatic carbocycles. The Balaban J connectivity index is 2.53. The number of amides is 1. The number of fused-ring (bicyclic) bond motifs is 1. The average molecular weight is 287 g/mol. The van der Waals surface area contributed by atoms with Crippen LogP contribution in [0, 0.1) is 5.92 Å². The van der Waals surface area contributed by atoms with Gasteiger partial charge in [-0.3, -0.25) is 14.4 Å². The molecule has 1 unspecified atom stereocenters. The number of carboxylic acid groups (broad SMARTS) is 1. The number of aliphatic carboxylic acids is 1. The molecule has 0 saturated heterocycles. The van der Waals surface area contributed by atoms with Crippen molar-refractivity contribution >= 4 is 23.3 Å². The largest absolute Gasteiger partial charge is 0.481 e. The van der Waals surface area contributed by atoms with Crippen LogP contribution in [0.25, 0.3) is 0 Å². The smallest absolute Gasteiger partial charge is 0.416 e. The van der Waals surface area contributed by atoms with Gasteiger partial charge in [0.15, 0.2) is 5.78 Å². The molecule has 0 bridgehead atoms. The van der Waals surface area contributed by atoms with Crippen LogP contribution in [0.15, 0.2) is 18.2 Å². The van der Waals surface area contributed by atoms with Gasteiger partial charge in [-0.1, -0.05) is 0 Å². The fourth-order valence-electron chi connectivity index (χ4n) is 1.91. The summed E-state index contributed by atoms with van der Waals surface area (Å²) in [4.78, 5) is 34.3. The third-order valence-corrected chi connectivity index (χ3v) is 2.89. The Kier molecular flexibility index (Phi) is 3.24. The lowest BCUT2D eigenvalue weighted by Gasteiger charge is -2.11. The molecule has 1 aromatic rings. The summed E-state index contributed by atoms with van der Waals surface area (Å²) in [6.45, 7) is 0. The third kappa shape index (κ3) is 2.49. The molecule has 106 valence electrons. The van der Waals surface area contributed by atoms with E-state index in [1.165, 1.54) is 0 Å². The van der Waals surface area contributed by atoms with Gasteiger partial charge in [0.25, 0.3) is 0 Å². The van der Waals surface area contributed by atoms with E-state index >= 15 is 0 Å². The molecule has 1 aliphatic rings. The number of carbonyl (C=O) groups is 3. The lowest BCUT2D eigenvalue weighted by Crippen LogP contribution is -2.25. The molecule has 1 heterocycles. The molecule has 0 radical (unpaired) electrons. The Morgan fingerprint density at radius 2 is 1.95 bits per heavy atom. The zero-order valence-electron chi connectivity index (χ0n) is 9.82. The normalized spacial score (nSPS) is 19.1. The van der Waals surface area contributed by atoms with E-state index in [1.807, 2.05) is 0 Å². The van der Waals surface area contributed by atoms with E-state index in [-0.39, 0.29) is 11.3 Å². The van der Waals surface area contributed by atoms with E-state index in [0.29, 0.717) is 12.1 Å². The van der Waals surface area contributed by atoms with Crippen LogP contribution in [-0.2, 0) is 15.8 Å². The molecule has 0 fully saturated rings. The van der Waals surface area contributed by atoms with Crippen molar-refractivity contribution < 1.29 is 32.7 Å². The van der Waals surface area contributed by atoms with Gasteiger partial charge in [0.2, 0.25) is 5.91 Å². The van der Waals surface area contributed by atoms with Gasteiger partial charge in [-0.05, 0) is 18.2 Å². The molecule has 2 rings (SSSR count). The zero-order chi connectivity index (χ0) is 15.1. The van der Waals surface area contributed by atoms with E-state index in [0.717, 1.165) is 6.07 Å². The molecule has 2 N–H and O–H groups in total. The number of alkyl halides is 3. The van der Waals surface area contributed by atoms with Gasteiger partial charge in [0, 0.05) is 12.0 Å². The van der Waals surface area contributed by atoms with Crippen molar-refractivity contribution in [1.29, 1.82) is 0 Å². The van der Waals surface area contributed by atoms with E-state index < -0.39 is 41.7 Å². The first-order chi connectivity index (χ1) is 9.20. The van der Waals surface area contributed by atoms with E-state index in [4.69, 9.17) is 5.11 Å². The highest BCUT2D eigenvalue weighted by molar-refractivity contribution is 6.16. The monoisotopic (exact) mass is 287 g/mol. The Bertz CT molecular complexity index is 609. The second-order valence-corrected chi connectivity index (χ2v) is 4.27. The number of carboxylic acids is 1. The van der Waals surface area contributed by atoms with Crippen LogP contribution in [0.4, 0.5) is 18.9 Å². The Labute approximate surface area is 110 Å². The summed E-state index contributed by atoms with van der Waals surface area (Å²) < 4.78 is 37.7. The third-order valence-electron chi connectivity index (χ3n) is 2.89. The number of halogens is 3. The summed E-state index contributed by atoms with van der Waals surface area (Å²) in [6, 6.07) is 2.17. The SMILES string of the molecule is O=C1CC(C(=O)O)C(=O)c2ccc(C(F)(F)F)cc2N1.